The van der Waals surface area contributed by atoms with Crippen molar-refractivity contribution in [1.82, 2.24) is 14.5 Å². The van der Waals surface area contributed by atoms with E-state index in [0.717, 1.165) is 49.7 Å². The second-order valence-electron chi connectivity index (χ2n) is 8.56. The lowest BCUT2D eigenvalue weighted by atomic mass is 10.1. The molecule has 0 spiro atoms. The summed E-state index contributed by atoms with van der Waals surface area (Å²) in [7, 11) is 2.17. The van der Waals surface area contributed by atoms with Gasteiger partial charge in [-0.1, -0.05) is 6.92 Å². The summed E-state index contributed by atoms with van der Waals surface area (Å²) in [4.78, 5) is 36.6. The van der Waals surface area contributed by atoms with E-state index in [1.807, 2.05) is 25.1 Å². The van der Waals surface area contributed by atoms with Gasteiger partial charge in [-0.05, 0) is 56.8 Å². The maximum atomic E-state index is 13.2. The molecule has 3 aromatic rings. The van der Waals surface area contributed by atoms with Crippen LogP contribution in [0.15, 0.2) is 41.5 Å². The lowest BCUT2D eigenvalue weighted by molar-refractivity contribution is -0.119. The predicted molar refractivity (Wildman–Crippen MR) is 126 cm³/mol. The number of carbonyl (C=O) groups is 1. The number of amides is 1. The number of aromatic nitrogens is 2. The van der Waals surface area contributed by atoms with Crippen molar-refractivity contribution in [3.63, 3.8) is 0 Å². The molecule has 0 bridgehead atoms. The number of hydrogen-bond donors (Lipinski definition) is 0. The minimum Gasteiger partial charge on any atom is -0.370 e. The minimum atomic E-state index is -0.0925. The average molecular weight is 438 g/mol. The predicted octanol–water partition coefficient (Wildman–Crippen LogP) is 2.96. The Bertz CT molecular complexity index is 1170. The Morgan fingerprint density at radius 1 is 1.00 bits per heavy atom. The zero-order chi connectivity index (χ0) is 21.5. The molecule has 1 atom stereocenters. The molecule has 4 heterocycles. The van der Waals surface area contributed by atoms with E-state index in [1.54, 1.807) is 15.8 Å². The van der Waals surface area contributed by atoms with E-state index in [1.165, 1.54) is 17.0 Å². The van der Waals surface area contributed by atoms with E-state index < -0.39 is 0 Å². The van der Waals surface area contributed by atoms with E-state index in [0.29, 0.717) is 16.8 Å². The summed E-state index contributed by atoms with van der Waals surface area (Å²) in [5, 5.41) is 0.813. The van der Waals surface area contributed by atoms with Gasteiger partial charge in [-0.25, -0.2) is 4.98 Å². The van der Waals surface area contributed by atoms with Crippen LogP contribution in [0.4, 0.5) is 10.7 Å². The Kier molecular flexibility index (Phi) is 5.27. The molecule has 2 aromatic heterocycles. The van der Waals surface area contributed by atoms with Gasteiger partial charge in [-0.2, -0.15) is 0 Å². The largest absolute Gasteiger partial charge is 0.370 e. The zero-order valence-corrected chi connectivity index (χ0v) is 18.8. The molecule has 0 N–H and O–H groups in total. The summed E-state index contributed by atoms with van der Waals surface area (Å²) in [6.07, 6.45) is 3.59. The van der Waals surface area contributed by atoms with Crippen molar-refractivity contribution < 1.29 is 4.79 Å². The van der Waals surface area contributed by atoms with Gasteiger partial charge in [-0.15, -0.1) is 11.3 Å². The molecule has 7 nitrogen and oxygen atoms in total. The van der Waals surface area contributed by atoms with E-state index in [-0.39, 0.29) is 17.4 Å². The van der Waals surface area contributed by atoms with Gasteiger partial charge < -0.3 is 14.7 Å². The molecule has 1 aromatic carbocycles. The number of fused-ring (bicyclic) bond motifs is 1. The second-order valence-corrected chi connectivity index (χ2v) is 9.59. The summed E-state index contributed by atoms with van der Waals surface area (Å²) in [5.74, 6) is 0.167. The van der Waals surface area contributed by atoms with Crippen LogP contribution in [0.2, 0.25) is 0 Å². The van der Waals surface area contributed by atoms with Gasteiger partial charge in [0.2, 0.25) is 5.91 Å². The molecular weight excluding hydrogens is 410 g/mol. The molecule has 0 saturated carbocycles. The molecule has 31 heavy (non-hydrogen) atoms. The molecule has 2 aliphatic heterocycles. The summed E-state index contributed by atoms with van der Waals surface area (Å²) < 4.78 is 2.18. The van der Waals surface area contributed by atoms with Crippen molar-refractivity contribution in [2.24, 2.45) is 5.92 Å². The Morgan fingerprint density at radius 3 is 2.52 bits per heavy atom. The third-order valence-electron chi connectivity index (χ3n) is 6.38. The highest BCUT2D eigenvalue weighted by molar-refractivity contribution is 7.22. The van der Waals surface area contributed by atoms with Crippen molar-refractivity contribution in [3.05, 3.63) is 47.0 Å². The first-order valence-corrected chi connectivity index (χ1v) is 11.7. The molecule has 2 saturated heterocycles. The molecule has 1 unspecified atom stereocenters. The third kappa shape index (κ3) is 3.74. The van der Waals surface area contributed by atoms with Crippen LogP contribution in [0.3, 0.4) is 0 Å². The fourth-order valence-corrected chi connectivity index (χ4v) is 5.46. The van der Waals surface area contributed by atoms with Crippen LogP contribution in [-0.4, -0.2) is 60.1 Å². The van der Waals surface area contributed by atoms with E-state index >= 15 is 0 Å². The van der Waals surface area contributed by atoms with Crippen molar-refractivity contribution in [2.75, 3.05) is 49.6 Å². The standard InChI is InChI=1S/C23H27N5O2S/c1-16-8-11-27(22(16)29)20-14-19-21(31-20)23(30)28(15-24-19)18-6-4-17(5-7-18)26-10-3-9-25(2)12-13-26/h4-7,14-16H,3,8-13H2,1-2H3. The number of benzene rings is 1. The molecule has 0 radical (unpaired) electrons. The summed E-state index contributed by atoms with van der Waals surface area (Å²) in [5.41, 5.74) is 2.54. The van der Waals surface area contributed by atoms with Gasteiger partial charge >= 0.3 is 0 Å². The molecular formula is C23H27N5O2S. The first-order chi connectivity index (χ1) is 15.0. The fraction of sp³-hybridized carbons (Fsp3) is 0.435. The Balaban J connectivity index is 1.43. The number of rotatable bonds is 3. The van der Waals surface area contributed by atoms with Crippen LogP contribution in [0.25, 0.3) is 15.9 Å². The molecule has 5 rings (SSSR count). The van der Waals surface area contributed by atoms with Crippen LogP contribution in [0.5, 0.6) is 0 Å². The summed E-state index contributed by atoms with van der Waals surface area (Å²) in [6, 6.07) is 10.0. The monoisotopic (exact) mass is 437 g/mol. The highest BCUT2D eigenvalue weighted by Gasteiger charge is 2.30. The minimum absolute atomic E-state index is 0.0398. The van der Waals surface area contributed by atoms with Gasteiger partial charge in [0.25, 0.3) is 5.56 Å². The normalized spacial score (nSPS) is 20.6. The third-order valence-corrected chi connectivity index (χ3v) is 7.51. The van der Waals surface area contributed by atoms with E-state index in [2.05, 4.69) is 34.0 Å². The maximum Gasteiger partial charge on any atom is 0.275 e. The molecule has 2 fully saturated rings. The SMILES string of the molecule is CC1CCN(c2cc3ncn(-c4ccc(N5CCCN(C)CC5)cc4)c(=O)c3s2)C1=O. The lowest BCUT2D eigenvalue weighted by Gasteiger charge is -2.23. The second kappa shape index (κ2) is 8.09. The van der Waals surface area contributed by atoms with E-state index in [9.17, 15) is 9.59 Å². The number of carbonyl (C=O) groups excluding carboxylic acids is 1. The quantitative estimate of drug-likeness (QED) is 0.631. The molecule has 1 amide bonds. The first kappa shape index (κ1) is 20.2. The van der Waals surface area contributed by atoms with Gasteiger partial charge in [0.05, 0.1) is 11.2 Å². The van der Waals surface area contributed by atoms with Gasteiger partial charge in [-0.3, -0.25) is 14.2 Å². The fourth-order valence-electron chi connectivity index (χ4n) is 4.39. The van der Waals surface area contributed by atoms with Crippen molar-refractivity contribution in [2.45, 2.75) is 19.8 Å². The number of hydrogen-bond acceptors (Lipinski definition) is 6. The molecule has 162 valence electrons. The molecule has 2 aliphatic rings. The number of thiophene rings is 1. The Labute approximate surface area is 185 Å². The van der Waals surface area contributed by atoms with E-state index in [4.69, 9.17) is 0 Å². The number of likely N-dealkylation sites (N-methyl/N-ethyl adjacent to an activating group) is 1. The smallest absolute Gasteiger partial charge is 0.275 e. The topological polar surface area (TPSA) is 61.7 Å². The van der Waals surface area contributed by atoms with Crippen LogP contribution in [0.1, 0.15) is 19.8 Å². The highest BCUT2D eigenvalue weighted by Crippen LogP contribution is 2.33. The van der Waals surface area contributed by atoms with Crippen molar-refractivity contribution in [1.29, 1.82) is 0 Å². The van der Waals surface area contributed by atoms with Crippen LogP contribution in [-0.2, 0) is 4.79 Å². The first-order valence-electron chi connectivity index (χ1n) is 10.9. The van der Waals surface area contributed by atoms with Crippen molar-refractivity contribution in [3.8, 4) is 5.69 Å². The van der Waals surface area contributed by atoms with Crippen LogP contribution < -0.4 is 15.4 Å². The zero-order valence-electron chi connectivity index (χ0n) is 18.0. The Morgan fingerprint density at radius 2 is 1.77 bits per heavy atom. The van der Waals surface area contributed by atoms with Crippen LogP contribution >= 0.6 is 11.3 Å². The molecule has 0 aliphatic carbocycles. The van der Waals surface area contributed by atoms with Gasteiger partial charge in [0.1, 0.15) is 16.0 Å². The van der Waals surface area contributed by atoms with Gasteiger partial charge in [0.15, 0.2) is 0 Å². The van der Waals surface area contributed by atoms with Crippen molar-refractivity contribution >= 4 is 38.1 Å². The number of anilines is 2. The lowest BCUT2D eigenvalue weighted by Crippen LogP contribution is -2.28. The molecule has 8 heteroatoms. The van der Waals surface area contributed by atoms with Gasteiger partial charge in [0, 0.05) is 37.8 Å². The number of nitrogens with zero attached hydrogens (tertiary/aromatic N) is 5. The highest BCUT2D eigenvalue weighted by atomic mass is 32.1. The summed E-state index contributed by atoms with van der Waals surface area (Å²) in [6.45, 7) is 6.89. The Hall–Kier alpha value is -2.71. The average Bonchev–Trinajstić information content (AvgIpc) is 3.27. The van der Waals surface area contributed by atoms with Crippen LogP contribution in [0, 0.1) is 5.92 Å². The maximum absolute atomic E-state index is 13.2. The summed E-state index contributed by atoms with van der Waals surface area (Å²) >= 11 is 1.36.